The van der Waals surface area contributed by atoms with Crippen LogP contribution in [0.3, 0.4) is 0 Å². The van der Waals surface area contributed by atoms with E-state index in [0.29, 0.717) is 13.0 Å². The monoisotopic (exact) mass is 406 g/mol. The lowest BCUT2D eigenvalue weighted by atomic mass is 9.78. The Bertz CT molecular complexity index is 525. The molecule has 0 spiro atoms. The summed E-state index contributed by atoms with van der Waals surface area (Å²) in [6, 6.07) is -0.268. The summed E-state index contributed by atoms with van der Waals surface area (Å²) in [7, 11) is 0. The Kier molecular flexibility index (Phi) is 9.18. The van der Waals surface area contributed by atoms with Gasteiger partial charge in [0.2, 0.25) is 11.8 Å². The zero-order valence-electron chi connectivity index (χ0n) is 19.9. The highest BCUT2D eigenvalue weighted by atomic mass is 16.2. The van der Waals surface area contributed by atoms with Crippen LogP contribution in [0.4, 0.5) is 0 Å². The molecule has 0 aromatic carbocycles. The van der Waals surface area contributed by atoms with E-state index in [4.69, 9.17) is 0 Å². The fraction of sp³-hybridized carbons (Fsp3) is 0.920. The molecule has 2 aliphatic rings. The number of likely N-dealkylation sites (tertiary alicyclic amines) is 2. The third-order valence-corrected chi connectivity index (χ3v) is 7.15. The minimum absolute atomic E-state index is 0.0322. The molecule has 0 bridgehead atoms. The minimum atomic E-state index is -0.268. The molecular formula is C25H46N2O2. The van der Waals surface area contributed by atoms with Crippen LogP contribution < -0.4 is 0 Å². The molecule has 0 aromatic rings. The van der Waals surface area contributed by atoms with Gasteiger partial charge in [-0.15, -0.1) is 0 Å². The van der Waals surface area contributed by atoms with Gasteiger partial charge in [0, 0.05) is 17.6 Å². The molecule has 2 fully saturated rings. The number of unbranched alkanes of at least 4 members (excludes halogenated alkanes) is 9. The molecule has 2 saturated heterocycles. The predicted octanol–water partition coefficient (Wildman–Crippen LogP) is 6.08. The largest absolute Gasteiger partial charge is 0.281 e. The molecule has 1 atom stereocenters. The van der Waals surface area contributed by atoms with Gasteiger partial charge in [-0.1, -0.05) is 64.7 Å². The van der Waals surface area contributed by atoms with E-state index in [2.05, 4.69) is 39.5 Å². The fourth-order valence-electron chi connectivity index (χ4n) is 5.72. The van der Waals surface area contributed by atoms with E-state index >= 15 is 0 Å². The van der Waals surface area contributed by atoms with E-state index in [9.17, 15) is 9.59 Å². The highest BCUT2D eigenvalue weighted by Crippen LogP contribution is 2.42. The van der Waals surface area contributed by atoms with Gasteiger partial charge in [0.05, 0.1) is 12.5 Å². The molecule has 29 heavy (non-hydrogen) atoms. The van der Waals surface area contributed by atoms with Gasteiger partial charge >= 0.3 is 0 Å². The van der Waals surface area contributed by atoms with Crippen LogP contribution in [0, 0.1) is 0 Å². The molecule has 2 aliphatic heterocycles. The Morgan fingerprint density at radius 2 is 1.28 bits per heavy atom. The highest BCUT2D eigenvalue weighted by Gasteiger charge is 2.52. The van der Waals surface area contributed by atoms with Crippen LogP contribution in [0.15, 0.2) is 0 Å². The van der Waals surface area contributed by atoms with Crippen molar-refractivity contribution in [2.45, 2.75) is 142 Å². The molecule has 2 amide bonds. The van der Waals surface area contributed by atoms with Crippen LogP contribution in [-0.2, 0) is 9.59 Å². The minimum Gasteiger partial charge on any atom is -0.281 e. The number of hydrogen-bond donors (Lipinski definition) is 0. The maximum atomic E-state index is 13.1. The first-order valence-corrected chi connectivity index (χ1v) is 12.3. The van der Waals surface area contributed by atoms with E-state index in [0.717, 1.165) is 25.7 Å². The Balaban J connectivity index is 1.75. The van der Waals surface area contributed by atoms with Crippen molar-refractivity contribution in [3.8, 4) is 0 Å². The van der Waals surface area contributed by atoms with E-state index in [1.54, 1.807) is 4.90 Å². The topological polar surface area (TPSA) is 40.6 Å². The molecule has 2 heterocycles. The summed E-state index contributed by atoms with van der Waals surface area (Å²) in [6.07, 6.45) is 16.4. The second kappa shape index (κ2) is 10.9. The lowest BCUT2D eigenvalue weighted by molar-refractivity contribution is -0.144. The molecule has 2 rings (SSSR count). The van der Waals surface area contributed by atoms with Gasteiger partial charge in [0.15, 0.2) is 0 Å². The van der Waals surface area contributed by atoms with Gasteiger partial charge in [-0.25, -0.2) is 0 Å². The zero-order chi connectivity index (χ0) is 21.5. The number of imide groups is 1. The first kappa shape index (κ1) is 24.4. The first-order valence-electron chi connectivity index (χ1n) is 12.3. The summed E-state index contributed by atoms with van der Waals surface area (Å²) in [5.74, 6) is 0.0853. The summed E-state index contributed by atoms with van der Waals surface area (Å²) in [5.41, 5.74) is -0.0645. The van der Waals surface area contributed by atoms with Gasteiger partial charge < -0.3 is 0 Å². The van der Waals surface area contributed by atoms with E-state index < -0.39 is 0 Å². The third-order valence-electron chi connectivity index (χ3n) is 7.15. The van der Waals surface area contributed by atoms with Crippen molar-refractivity contribution in [3.05, 3.63) is 0 Å². The van der Waals surface area contributed by atoms with Crippen molar-refractivity contribution in [2.75, 3.05) is 6.54 Å². The molecular weight excluding hydrogens is 360 g/mol. The van der Waals surface area contributed by atoms with Crippen molar-refractivity contribution in [1.29, 1.82) is 0 Å². The molecule has 0 saturated carbocycles. The van der Waals surface area contributed by atoms with E-state index in [-0.39, 0.29) is 28.9 Å². The standard InChI is InChI=1S/C25H46N2O2/c1-6-7-8-9-10-11-12-13-14-15-19-26-22(28)20-21(23(26)29)27-24(2,3)17-16-18-25(27,4)5/h21H,6-20H2,1-5H3. The normalized spacial score (nSPS) is 24.4. The maximum absolute atomic E-state index is 13.1. The van der Waals surface area contributed by atoms with Crippen LogP contribution in [-0.4, -0.2) is 45.3 Å². The lowest BCUT2D eigenvalue weighted by Gasteiger charge is -2.55. The molecule has 1 unspecified atom stereocenters. The lowest BCUT2D eigenvalue weighted by Crippen LogP contribution is -2.64. The summed E-state index contributed by atoms with van der Waals surface area (Å²) in [6.45, 7) is 11.8. The number of carbonyl (C=O) groups is 2. The SMILES string of the molecule is CCCCCCCCCCCCN1C(=O)CC(N2C(C)(C)CCCC2(C)C)C1=O. The Morgan fingerprint density at radius 1 is 0.793 bits per heavy atom. The molecule has 4 nitrogen and oxygen atoms in total. The van der Waals surface area contributed by atoms with Gasteiger partial charge in [-0.3, -0.25) is 19.4 Å². The van der Waals surface area contributed by atoms with Gasteiger partial charge in [-0.05, 0) is 53.4 Å². The summed E-state index contributed by atoms with van der Waals surface area (Å²) < 4.78 is 0. The number of carbonyl (C=O) groups excluding carboxylic acids is 2. The van der Waals surface area contributed by atoms with Crippen LogP contribution in [0.2, 0.25) is 0 Å². The fourth-order valence-corrected chi connectivity index (χ4v) is 5.72. The molecule has 0 radical (unpaired) electrons. The predicted molar refractivity (Wildman–Crippen MR) is 121 cm³/mol. The van der Waals surface area contributed by atoms with Gasteiger partial charge in [0.25, 0.3) is 0 Å². The summed E-state index contributed by atoms with van der Waals surface area (Å²) in [4.78, 5) is 29.7. The molecule has 4 heteroatoms. The van der Waals surface area contributed by atoms with Gasteiger partial charge in [-0.2, -0.15) is 0 Å². The Labute approximate surface area is 179 Å². The number of amides is 2. The van der Waals surface area contributed by atoms with Crippen LogP contribution in [0.25, 0.3) is 0 Å². The average Bonchev–Trinajstić information content (AvgIpc) is 2.89. The quantitative estimate of drug-likeness (QED) is 0.291. The number of nitrogens with zero attached hydrogens (tertiary/aromatic N) is 2. The average molecular weight is 407 g/mol. The molecule has 168 valence electrons. The van der Waals surface area contributed by atoms with E-state index in [1.165, 1.54) is 57.8 Å². The van der Waals surface area contributed by atoms with Crippen LogP contribution >= 0.6 is 0 Å². The van der Waals surface area contributed by atoms with Crippen molar-refractivity contribution in [1.82, 2.24) is 9.80 Å². The van der Waals surface area contributed by atoms with Crippen molar-refractivity contribution in [2.24, 2.45) is 0 Å². The van der Waals surface area contributed by atoms with Crippen molar-refractivity contribution in [3.63, 3.8) is 0 Å². The number of piperidine rings is 1. The zero-order valence-corrected chi connectivity index (χ0v) is 19.9. The maximum Gasteiger partial charge on any atom is 0.247 e. The van der Waals surface area contributed by atoms with Crippen molar-refractivity contribution >= 4 is 11.8 Å². The van der Waals surface area contributed by atoms with E-state index in [1.807, 2.05) is 0 Å². The van der Waals surface area contributed by atoms with Crippen molar-refractivity contribution < 1.29 is 9.59 Å². The smallest absolute Gasteiger partial charge is 0.247 e. The molecule has 0 aliphatic carbocycles. The second-order valence-corrected chi connectivity index (χ2v) is 10.6. The molecule has 0 aromatic heterocycles. The third kappa shape index (κ3) is 6.54. The highest BCUT2D eigenvalue weighted by molar-refractivity contribution is 6.05. The Morgan fingerprint density at radius 3 is 1.79 bits per heavy atom. The first-order chi connectivity index (χ1) is 13.7. The molecule has 0 N–H and O–H groups in total. The van der Waals surface area contributed by atoms with Crippen LogP contribution in [0.1, 0.15) is 125 Å². The number of rotatable bonds is 12. The van der Waals surface area contributed by atoms with Gasteiger partial charge in [0.1, 0.15) is 0 Å². The van der Waals surface area contributed by atoms with Crippen LogP contribution in [0.5, 0.6) is 0 Å². The second-order valence-electron chi connectivity index (χ2n) is 10.6. The summed E-state index contributed by atoms with van der Waals surface area (Å²) in [5, 5.41) is 0. The Hall–Kier alpha value is -0.900. The number of hydrogen-bond acceptors (Lipinski definition) is 3. The summed E-state index contributed by atoms with van der Waals surface area (Å²) >= 11 is 0.